The van der Waals surface area contributed by atoms with Crippen LogP contribution in [0.25, 0.3) is 11.7 Å². The number of carbonyl (C=O) groups is 1. The van der Waals surface area contributed by atoms with E-state index in [1.54, 1.807) is 6.07 Å². The van der Waals surface area contributed by atoms with Gasteiger partial charge in [0, 0.05) is 6.07 Å². The van der Waals surface area contributed by atoms with Crippen LogP contribution in [-0.4, -0.2) is 21.3 Å². The van der Waals surface area contributed by atoms with E-state index in [2.05, 4.69) is 27.6 Å². The number of nitrogens with zero attached hydrogens (tertiary/aromatic N) is 3. The lowest BCUT2D eigenvalue weighted by molar-refractivity contribution is -0.115. The number of benzene rings is 1. The molecule has 7 nitrogen and oxygen atoms in total. The minimum absolute atomic E-state index is 0.0292. The molecule has 22 heavy (non-hydrogen) atoms. The molecular formula is C15H14N4O3. The fourth-order valence-electron chi connectivity index (χ4n) is 1.94. The zero-order chi connectivity index (χ0) is 15.4. The van der Waals surface area contributed by atoms with Crippen LogP contribution in [0.15, 0.2) is 45.5 Å². The SMILES string of the molecule is CCc1ccc(CC(=O)Nc2nnc(-c3ccno3)o2)cc1. The first-order valence-electron chi connectivity index (χ1n) is 6.87. The van der Waals surface area contributed by atoms with Gasteiger partial charge in [0.25, 0.3) is 5.89 Å². The highest BCUT2D eigenvalue weighted by molar-refractivity contribution is 5.90. The van der Waals surface area contributed by atoms with Gasteiger partial charge in [-0.05, 0) is 17.5 Å². The highest BCUT2D eigenvalue weighted by atomic mass is 16.5. The van der Waals surface area contributed by atoms with Gasteiger partial charge in [0.1, 0.15) is 0 Å². The van der Waals surface area contributed by atoms with E-state index in [1.165, 1.54) is 11.8 Å². The monoisotopic (exact) mass is 298 g/mol. The Kier molecular flexibility index (Phi) is 3.95. The van der Waals surface area contributed by atoms with Crippen LogP contribution in [0.2, 0.25) is 0 Å². The van der Waals surface area contributed by atoms with Crippen LogP contribution in [0.1, 0.15) is 18.1 Å². The Bertz CT molecular complexity index is 747. The van der Waals surface area contributed by atoms with E-state index in [-0.39, 0.29) is 24.2 Å². The van der Waals surface area contributed by atoms with Crippen LogP contribution in [-0.2, 0) is 17.6 Å². The van der Waals surface area contributed by atoms with Crippen LogP contribution >= 0.6 is 0 Å². The zero-order valence-electron chi connectivity index (χ0n) is 11.9. The normalized spacial score (nSPS) is 10.6. The molecule has 3 rings (SSSR count). The molecule has 112 valence electrons. The summed E-state index contributed by atoms with van der Waals surface area (Å²) >= 11 is 0. The predicted molar refractivity (Wildman–Crippen MR) is 77.9 cm³/mol. The molecule has 0 atom stereocenters. The van der Waals surface area contributed by atoms with Crippen molar-refractivity contribution in [3.8, 4) is 11.7 Å². The third-order valence-corrected chi connectivity index (χ3v) is 3.12. The molecule has 0 aliphatic rings. The van der Waals surface area contributed by atoms with Crippen LogP contribution < -0.4 is 5.32 Å². The van der Waals surface area contributed by atoms with Crippen molar-refractivity contribution < 1.29 is 13.7 Å². The van der Waals surface area contributed by atoms with Crippen molar-refractivity contribution in [2.75, 3.05) is 5.32 Å². The first kappa shape index (κ1) is 14.0. The number of anilines is 1. The van der Waals surface area contributed by atoms with E-state index in [0.717, 1.165) is 12.0 Å². The molecule has 0 saturated carbocycles. The minimum Gasteiger partial charge on any atom is -0.400 e. The maximum absolute atomic E-state index is 12.0. The Balaban J connectivity index is 1.61. The predicted octanol–water partition coefficient (Wildman–Crippen LogP) is 2.47. The fraction of sp³-hybridized carbons (Fsp3) is 0.200. The Morgan fingerprint density at radius 3 is 2.59 bits per heavy atom. The van der Waals surface area contributed by atoms with Gasteiger partial charge in [-0.25, -0.2) is 0 Å². The standard InChI is InChI=1S/C15H14N4O3/c1-2-10-3-5-11(6-4-10)9-13(20)17-15-19-18-14(21-15)12-7-8-16-22-12/h3-8H,2,9H2,1H3,(H,17,19,20). The smallest absolute Gasteiger partial charge is 0.322 e. The lowest BCUT2D eigenvalue weighted by Gasteiger charge is -2.02. The van der Waals surface area contributed by atoms with Crippen LogP contribution in [0.4, 0.5) is 6.01 Å². The van der Waals surface area contributed by atoms with Gasteiger partial charge in [0.2, 0.25) is 11.7 Å². The van der Waals surface area contributed by atoms with E-state index >= 15 is 0 Å². The summed E-state index contributed by atoms with van der Waals surface area (Å²) in [6.07, 6.45) is 2.68. The molecule has 0 fully saturated rings. The highest BCUT2D eigenvalue weighted by Gasteiger charge is 2.13. The first-order chi connectivity index (χ1) is 10.7. The van der Waals surface area contributed by atoms with Crippen LogP contribution in [0.3, 0.4) is 0 Å². The lowest BCUT2D eigenvalue weighted by atomic mass is 10.1. The molecule has 0 aliphatic heterocycles. The van der Waals surface area contributed by atoms with E-state index < -0.39 is 0 Å². The van der Waals surface area contributed by atoms with Gasteiger partial charge in [-0.15, -0.1) is 5.10 Å². The van der Waals surface area contributed by atoms with Gasteiger partial charge in [-0.1, -0.05) is 41.4 Å². The summed E-state index contributed by atoms with van der Waals surface area (Å²) in [6.45, 7) is 2.09. The maximum atomic E-state index is 12.0. The average Bonchev–Trinajstić information content (AvgIpc) is 3.19. The second-order valence-electron chi connectivity index (χ2n) is 4.68. The van der Waals surface area contributed by atoms with Gasteiger partial charge in [0.15, 0.2) is 0 Å². The van der Waals surface area contributed by atoms with Crippen LogP contribution in [0, 0.1) is 0 Å². The van der Waals surface area contributed by atoms with Gasteiger partial charge in [-0.3, -0.25) is 10.1 Å². The number of hydrogen-bond acceptors (Lipinski definition) is 6. The number of amides is 1. The van der Waals surface area contributed by atoms with Crippen molar-refractivity contribution in [2.24, 2.45) is 0 Å². The van der Waals surface area contributed by atoms with Gasteiger partial charge in [0.05, 0.1) is 12.6 Å². The summed E-state index contributed by atoms with van der Waals surface area (Å²) in [5, 5.41) is 13.6. The summed E-state index contributed by atoms with van der Waals surface area (Å²) < 4.78 is 10.2. The Labute approximate surface area is 126 Å². The molecule has 1 aromatic carbocycles. The van der Waals surface area contributed by atoms with Crippen molar-refractivity contribution in [3.05, 3.63) is 47.7 Å². The summed E-state index contributed by atoms with van der Waals surface area (Å²) in [5.41, 5.74) is 2.16. The average molecular weight is 298 g/mol. The van der Waals surface area contributed by atoms with Crippen molar-refractivity contribution in [1.82, 2.24) is 15.4 Å². The summed E-state index contributed by atoms with van der Waals surface area (Å²) in [5.74, 6) is 0.292. The molecule has 7 heteroatoms. The molecule has 0 radical (unpaired) electrons. The Morgan fingerprint density at radius 1 is 1.14 bits per heavy atom. The topological polar surface area (TPSA) is 94.1 Å². The molecule has 3 aromatic rings. The molecule has 0 saturated heterocycles. The molecule has 0 spiro atoms. The van der Waals surface area contributed by atoms with E-state index in [0.29, 0.717) is 5.76 Å². The molecule has 2 heterocycles. The quantitative estimate of drug-likeness (QED) is 0.777. The molecule has 0 unspecified atom stereocenters. The first-order valence-corrected chi connectivity index (χ1v) is 6.87. The van der Waals surface area contributed by atoms with Crippen LogP contribution in [0.5, 0.6) is 0 Å². The number of nitrogens with one attached hydrogen (secondary N) is 1. The van der Waals surface area contributed by atoms with Crippen molar-refractivity contribution >= 4 is 11.9 Å². The lowest BCUT2D eigenvalue weighted by Crippen LogP contribution is -2.14. The third-order valence-electron chi connectivity index (χ3n) is 3.12. The molecule has 0 bridgehead atoms. The fourth-order valence-corrected chi connectivity index (χ4v) is 1.94. The zero-order valence-corrected chi connectivity index (χ0v) is 11.9. The van der Waals surface area contributed by atoms with Gasteiger partial charge in [-0.2, -0.15) is 0 Å². The largest absolute Gasteiger partial charge is 0.400 e. The van der Waals surface area contributed by atoms with E-state index in [4.69, 9.17) is 8.94 Å². The van der Waals surface area contributed by atoms with Crippen molar-refractivity contribution in [2.45, 2.75) is 19.8 Å². The second kappa shape index (κ2) is 6.21. The van der Waals surface area contributed by atoms with E-state index in [1.807, 2.05) is 24.3 Å². The second-order valence-corrected chi connectivity index (χ2v) is 4.68. The molecule has 2 aromatic heterocycles. The summed E-state index contributed by atoms with van der Waals surface area (Å²) in [6, 6.07) is 9.52. The molecule has 1 amide bonds. The summed E-state index contributed by atoms with van der Waals surface area (Å²) in [4.78, 5) is 12.0. The number of aryl methyl sites for hydroxylation is 1. The number of aromatic nitrogens is 3. The number of carbonyl (C=O) groups excluding carboxylic acids is 1. The van der Waals surface area contributed by atoms with Gasteiger partial charge < -0.3 is 8.94 Å². The van der Waals surface area contributed by atoms with E-state index in [9.17, 15) is 4.79 Å². The number of rotatable bonds is 5. The number of hydrogen-bond donors (Lipinski definition) is 1. The Morgan fingerprint density at radius 2 is 1.91 bits per heavy atom. The summed E-state index contributed by atoms with van der Waals surface area (Å²) in [7, 11) is 0. The molecule has 0 aliphatic carbocycles. The van der Waals surface area contributed by atoms with Crippen molar-refractivity contribution in [3.63, 3.8) is 0 Å². The van der Waals surface area contributed by atoms with Crippen molar-refractivity contribution in [1.29, 1.82) is 0 Å². The third kappa shape index (κ3) is 3.20. The van der Waals surface area contributed by atoms with Gasteiger partial charge >= 0.3 is 6.01 Å². The Hall–Kier alpha value is -2.96. The maximum Gasteiger partial charge on any atom is 0.322 e. The minimum atomic E-state index is -0.225. The highest BCUT2D eigenvalue weighted by Crippen LogP contribution is 2.18. The molecular weight excluding hydrogens is 284 g/mol. The molecule has 1 N–H and O–H groups in total.